The lowest BCUT2D eigenvalue weighted by Gasteiger charge is -2.37. The van der Waals surface area contributed by atoms with E-state index in [1.54, 1.807) is 0 Å². The van der Waals surface area contributed by atoms with Crippen LogP contribution in [0.2, 0.25) is 5.02 Å². The van der Waals surface area contributed by atoms with Crippen LogP contribution < -0.4 is 10.1 Å². The SMILES string of the molecule is CC(C)CNCC1CCC1Cc1cc(Cl)cc2c1OCC2. The van der Waals surface area contributed by atoms with Gasteiger partial charge < -0.3 is 10.1 Å². The maximum Gasteiger partial charge on any atom is 0.125 e. The maximum atomic E-state index is 6.26. The van der Waals surface area contributed by atoms with Crippen LogP contribution in [0.25, 0.3) is 0 Å². The fraction of sp³-hybridized carbons (Fsp3) is 0.667. The largest absolute Gasteiger partial charge is 0.493 e. The first-order valence-electron chi connectivity index (χ1n) is 8.28. The summed E-state index contributed by atoms with van der Waals surface area (Å²) in [5, 5.41) is 4.47. The molecule has 1 aliphatic carbocycles. The Kier molecular flexibility index (Phi) is 4.75. The lowest BCUT2D eigenvalue weighted by Crippen LogP contribution is -2.37. The van der Waals surface area contributed by atoms with Crippen molar-refractivity contribution >= 4 is 11.6 Å². The molecule has 116 valence electrons. The molecule has 21 heavy (non-hydrogen) atoms. The maximum absolute atomic E-state index is 6.26. The third-order valence-electron chi connectivity index (χ3n) is 4.84. The lowest BCUT2D eigenvalue weighted by atomic mass is 9.70. The molecule has 1 heterocycles. The molecule has 3 rings (SSSR count). The van der Waals surface area contributed by atoms with Crippen LogP contribution in [0.4, 0.5) is 0 Å². The molecular weight excluding hydrogens is 282 g/mol. The van der Waals surface area contributed by atoms with Gasteiger partial charge in [-0.25, -0.2) is 0 Å². The average Bonchev–Trinajstić information content (AvgIpc) is 2.87. The highest BCUT2D eigenvalue weighted by molar-refractivity contribution is 6.30. The van der Waals surface area contributed by atoms with Crippen molar-refractivity contribution in [2.45, 2.75) is 39.5 Å². The van der Waals surface area contributed by atoms with Gasteiger partial charge in [0.2, 0.25) is 0 Å². The zero-order valence-electron chi connectivity index (χ0n) is 13.1. The average molecular weight is 308 g/mol. The highest BCUT2D eigenvalue weighted by atomic mass is 35.5. The standard InChI is InChI=1S/C18H26ClNO/c1-12(2)10-20-11-15-4-3-13(15)7-16-9-17(19)8-14-5-6-21-18(14)16/h8-9,12-13,15,20H,3-7,10-11H2,1-2H3. The normalized spacial score (nSPS) is 23.8. The molecule has 1 N–H and O–H groups in total. The lowest BCUT2D eigenvalue weighted by molar-refractivity contribution is 0.168. The summed E-state index contributed by atoms with van der Waals surface area (Å²) in [6.45, 7) is 7.62. The van der Waals surface area contributed by atoms with Crippen molar-refractivity contribution in [2.75, 3.05) is 19.7 Å². The number of ether oxygens (including phenoxy) is 1. The Hall–Kier alpha value is -0.730. The van der Waals surface area contributed by atoms with Crippen LogP contribution in [0.1, 0.15) is 37.8 Å². The first-order chi connectivity index (χ1) is 10.1. The van der Waals surface area contributed by atoms with Crippen LogP contribution in [0.5, 0.6) is 5.75 Å². The molecule has 0 saturated heterocycles. The predicted octanol–water partition coefficient (Wildman–Crippen LogP) is 4.09. The molecule has 3 heteroatoms. The first kappa shape index (κ1) is 15.2. The highest BCUT2D eigenvalue weighted by Crippen LogP contribution is 2.41. The number of benzene rings is 1. The molecule has 1 aliphatic heterocycles. The molecular formula is C18H26ClNO. The minimum atomic E-state index is 0.730. The topological polar surface area (TPSA) is 21.3 Å². The summed E-state index contributed by atoms with van der Waals surface area (Å²) < 4.78 is 5.83. The van der Waals surface area contributed by atoms with Crippen molar-refractivity contribution in [3.05, 3.63) is 28.3 Å². The second kappa shape index (κ2) is 6.58. The van der Waals surface area contributed by atoms with Crippen LogP contribution in [0.3, 0.4) is 0 Å². The van der Waals surface area contributed by atoms with Crippen LogP contribution in [0.15, 0.2) is 12.1 Å². The summed E-state index contributed by atoms with van der Waals surface area (Å²) in [6, 6.07) is 4.18. The number of hydrogen-bond acceptors (Lipinski definition) is 2. The zero-order chi connectivity index (χ0) is 14.8. The van der Waals surface area contributed by atoms with Gasteiger partial charge >= 0.3 is 0 Å². The molecule has 0 bridgehead atoms. The van der Waals surface area contributed by atoms with Crippen LogP contribution >= 0.6 is 11.6 Å². The molecule has 2 atom stereocenters. The Morgan fingerprint density at radius 3 is 2.81 bits per heavy atom. The van der Waals surface area contributed by atoms with Gasteiger partial charge in [-0.05, 0) is 73.4 Å². The van der Waals surface area contributed by atoms with Gasteiger partial charge in [0.15, 0.2) is 0 Å². The number of rotatable bonds is 6. The minimum absolute atomic E-state index is 0.730. The van der Waals surface area contributed by atoms with Gasteiger partial charge in [0.25, 0.3) is 0 Å². The van der Waals surface area contributed by atoms with Crippen molar-refractivity contribution in [3.63, 3.8) is 0 Å². The van der Waals surface area contributed by atoms with E-state index in [1.165, 1.54) is 24.0 Å². The van der Waals surface area contributed by atoms with Crippen LogP contribution in [-0.2, 0) is 12.8 Å². The molecule has 1 fully saturated rings. The molecule has 1 saturated carbocycles. The smallest absolute Gasteiger partial charge is 0.125 e. The third kappa shape index (κ3) is 3.54. The van der Waals surface area contributed by atoms with E-state index < -0.39 is 0 Å². The van der Waals surface area contributed by atoms with E-state index in [9.17, 15) is 0 Å². The van der Waals surface area contributed by atoms with E-state index >= 15 is 0 Å². The molecule has 2 nitrogen and oxygen atoms in total. The Balaban J connectivity index is 1.60. The quantitative estimate of drug-likeness (QED) is 0.854. The number of halogens is 1. The van der Waals surface area contributed by atoms with Crippen molar-refractivity contribution < 1.29 is 4.74 Å². The second-order valence-corrected chi connectivity index (χ2v) is 7.44. The minimum Gasteiger partial charge on any atom is -0.493 e. The third-order valence-corrected chi connectivity index (χ3v) is 5.06. The summed E-state index contributed by atoms with van der Waals surface area (Å²) >= 11 is 6.26. The summed E-state index contributed by atoms with van der Waals surface area (Å²) in [4.78, 5) is 0. The van der Waals surface area contributed by atoms with Gasteiger partial charge in [-0.1, -0.05) is 25.4 Å². The second-order valence-electron chi connectivity index (χ2n) is 7.01. The highest BCUT2D eigenvalue weighted by Gasteiger charge is 2.32. The van der Waals surface area contributed by atoms with E-state index in [-0.39, 0.29) is 0 Å². The zero-order valence-corrected chi connectivity index (χ0v) is 13.9. The fourth-order valence-corrected chi connectivity index (χ4v) is 3.78. The summed E-state index contributed by atoms with van der Waals surface area (Å²) in [7, 11) is 0. The Morgan fingerprint density at radius 2 is 2.10 bits per heavy atom. The van der Waals surface area contributed by atoms with Crippen molar-refractivity contribution in [2.24, 2.45) is 17.8 Å². The van der Waals surface area contributed by atoms with Gasteiger partial charge in [-0.3, -0.25) is 0 Å². The Morgan fingerprint density at radius 1 is 1.29 bits per heavy atom. The molecule has 2 unspecified atom stereocenters. The molecule has 0 amide bonds. The van der Waals surface area contributed by atoms with Gasteiger partial charge in [-0.15, -0.1) is 0 Å². The fourth-order valence-electron chi connectivity index (χ4n) is 3.51. The molecule has 1 aromatic rings. The molecule has 0 aromatic heterocycles. The molecule has 0 radical (unpaired) electrons. The van der Waals surface area contributed by atoms with E-state index in [2.05, 4.69) is 31.3 Å². The summed E-state index contributed by atoms with van der Waals surface area (Å²) in [6.07, 6.45) is 4.83. The van der Waals surface area contributed by atoms with Gasteiger partial charge in [0.05, 0.1) is 6.61 Å². The predicted molar refractivity (Wildman–Crippen MR) is 88.3 cm³/mol. The van der Waals surface area contributed by atoms with Gasteiger partial charge in [0.1, 0.15) is 5.75 Å². The number of nitrogens with one attached hydrogen (secondary N) is 1. The van der Waals surface area contributed by atoms with Crippen LogP contribution in [-0.4, -0.2) is 19.7 Å². The monoisotopic (exact) mass is 307 g/mol. The van der Waals surface area contributed by atoms with Gasteiger partial charge in [-0.2, -0.15) is 0 Å². The summed E-state index contributed by atoms with van der Waals surface area (Å²) in [5.41, 5.74) is 2.62. The van der Waals surface area contributed by atoms with Crippen LogP contribution in [0, 0.1) is 17.8 Å². The van der Waals surface area contributed by atoms with Crippen molar-refractivity contribution in [3.8, 4) is 5.75 Å². The Labute approximate surface area is 133 Å². The van der Waals surface area contributed by atoms with E-state index in [0.29, 0.717) is 0 Å². The molecule has 2 aliphatic rings. The van der Waals surface area contributed by atoms with Gasteiger partial charge in [0, 0.05) is 11.4 Å². The van der Waals surface area contributed by atoms with E-state index in [0.717, 1.165) is 61.1 Å². The first-order valence-corrected chi connectivity index (χ1v) is 8.66. The number of fused-ring (bicyclic) bond motifs is 1. The van der Waals surface area contributed by atoms with Crippen molar-refractivity contribution in [1.29, 1.82) is 0 Å². The Bertz CT molecular complexity index is 500. The molecule has 0 spiro atoms. The molecule has 1 aromatic carbocycles. The van der Waals surface area contributed by atoms with Crippen molar-refractivity contribution in [1.82, 2.24) is 5.32 Å². The summed E-state index contributed by atoms with van der Waals surface area (Å²) in [5.74, 6) is 3.46. The number of hydrogen-bond donors (Lipinski definition) is 1. The van der Waals surface area contributed by atoms with E-state index in [4.69, 9.17) is 16.3 Å². The van der Waals surface area contributed by atoms with E-state index in [1.807, 2.05) is 0 Å².